The Morgan fingerprint density at radius 1 is 1.11 bits per heavy atom. The van der Waals surface area contributed by atoms with Crippen LogP contribution in [0.15, 0.2) is 0 Å². The molecule has 0 aliphatic carbocycles. The van der Waals surface area contributed by atoms with Crippen LogP contribution in [0, 0.1) is 0 Å². The van der Waals surface area contributed by atoms with Gasteiger partial charge < -0.3 is 10.0 Å². The summed E-state index contributed by atoms with van der Waals surface area (Å²) in [5, 5.41) is 9.74. The minimum absolute atomic E-state index is 0.0535. The molecule has 112 valence electrons. The first-order valence-electron chi connectivity index (χ1n) is 6.92. The maximum atomic E-state index is 12.1. The number of sulfonamides is 1. The van der Waals surface area contributed by atoms with Gasteiger partial charge in [0.15, 0.2) is 0 Å². The first kappa shape index (κ1) is 15.2. The van der Waals surface area contributed by atoms with Gasteiger partial charge in [0, 0.05) is 39.3 Å². The summed E-state index contributed by atoms with van der Waals surface area (Å²) in [6.07, 6.45) is -0.572. The number of β-amino-alcohol motifs (C(OH)–C–C–N with tert-alkyl or cyclic N) is 1. The molecule has 19 heavy (non-hydrogen) atoms. The van der Waals surface area contributed by atoms with Crippen molar-refractivity contribution in [1.82, 2.24) is 14.1 Å². The fraction of sp³-hybridized carbons (Fsp3) is 1.00. The lowest BCUT2D eigenvalue weighted by molar-refractivity contribution is 0.0512. The van der Waals surface area contributed by atoms with E-state index in [1.807, 2.05) is 0 Å². The second-order valence-corrected chi connectivity index (χ2v) is 8.37. The zero-order chi connectivity index (χ0) is 14.2. The first-order chi connectivity index (χ1) is 8.82. The molecule has 2 atom stereocenters. The number of hydrogen-bond acceptors (Lipinski definition) is 5. The summed E-state index contributed by atoms with van der Waals surface area (Å²) in [6.45, 7) is 7.76. The van der Waals surface area contributed by atoms with E-state index in [1.165, 1.54) is 4.31 Å². The normalized spacial score (nSPS) is 32.3. The summed E-state index contributed by atoms with van der Waals surface area (Å²) in [5.41, 5.74) is 0. The van der Waals surface area contributed by atoms with E-state index in [0.717, 1.165) is 26.2 Å². The number of nitrogens with zero attached hydrogens (tertiary/aromatic N) is 3. The Hall–Kier alpha value is -0.210. The van der Waals surface area contributed by atoms with Crippen LogP contribution >= 0.6 is 0 Å². The third-order valence-corrected chi connectivity index (χ3v) is 6.40. The van der Waals surface area contributed by atoms with Gasteiger partial charge in [0.05, 0.1) is 17.4 Å². The Labute approximate surface area is 116 Å². The number of hydrogen-bond donors (Lipinski definition) is 1. The summed E-state index contributed by atoms with van der Waals surface area (Å²) in [5.74, 6) is 0. The van der Waals surface area contributed by atoms with Gasteiger partial charge in [-0.1, -0.05) is 0 Å². The number of piperazine rings is 1. The Morgan fingerprint density at radius 2 is 1.68 bits per heavy atom. The molecule has 2 fully saturated rings. The van der Waals surface area contributed by atoms with Gasteiger partial charge in [0.25, 0.3) is 0 Å². The van der Waals surface area contributed by atoms with Crippen LogP contribution in [0.2, 0.25) is 0 Å². The van der Waals surface area contributed by atoms with E-state index in [0.29, 0.717) is 6.54 Å². The lowest BCUT2D eigenvalue weighted by Crippen LogP contribution is -2.52. The Balaban J connectivity index is 2.02. The fourth-order valence-corrected chi connectivity index (χ4v) is 4.07. The van der Waals surface area contributed by atoms with Crippen molar-refractivity contribution in [2.45, 2.75) is 31.2 Å². The van der Waals surface area contributed by atoms with Gasteiger partial charge in [0.2, 0.25) is 10.0 Å². The second-order valence-electron chi connectivity index (χ2n) is 5.88. The van der Waals surface area contributed by atoms with Gasteiger partial charge in [-0.3, -0.25) is 4.90 Å². The van der Waals surface area contributed by atoms with Gasteiger partial charge in [-0.15, -0.1) is 0 Å². The van der Waals surface area contributed by atoms with Gasteiger partial charge in [-0.2, -0.15) is 4.31 Å². The molecule has 0 radical (unpaired) electrons. The Kier molecular flexibility index (Phi) is 4.52. The molecule has 0 aromatic heterocycles. The molecule has 6 nitrogen and oxygen atoms in total. The first-order valence-corrected chi connectivity index (χ1v) is 8.42. The standard InChI is InChI=1S/C12H25N3O3S/c1-10(2)19(17,18)15-8-11(12(16)9-15)14-6-4-13(3)5-7-14/h10-12,16H,4-9H2,1-3H3/t11-,12-/m0/s1. The van der Waals surface area contributed by atoms with Crippen LogP contribution < -0.4 is 0 Å². The van der Waals surface area contributed by atoms with Crippen LogP contribution in [0.1, 0.15) is 13.8 Å². The van der Waals surface area contributed by atoms with E-state index in [2.05, 4.69) is 16.8 Å². The van der Waals surface area contributed by atoms with Crippen molar-refractivity contribution >= 4 is 10.0 Å². The zero-order valence-corrected chi connectivity index (χ0v) is 12.8. The molecule has 0 bridgehead atoms. The molecule has 2 aliphatic rings. The van der Waals surface area contributed by atoms with Gasteiger partial charge in [-0.25, -0.2) is 8.42 Å². The predicted molar refractivity (Wildman–Crippen MR) is 74.5 cm³/mol. The third kappa shape index (κ3) is 3.11. The molecule has 2 heterocycles. The van der Waals surface area contributed by atoms with E-state index >= 15 is 0 Å². The van der Waals surface area contributed by atoms with Gasteiger partial charge >= 0.3 is 0 Å². The monoisotopic (exact) mass is 291 g/mol. The van der Waals surface area contributed by atoms with Crippen LogP contribution in [0.4, 0.5) is 0 Å². The van der Waals surface area contributed by atoms with Crippen LogP contribution in [0.5, 0.6) is 0 Å². The van der Waals surface area contributed by atoms with Crippen molar-refractivity contribution in [1.29, 1.82) is 0 Å². The fourth-order valence-electron chi connectivity index (χ4n) is 2.75. The molecule has 2 rings (SSSR count). The van der Waals surface area contributed by atoms with E-state index in [9.17, 15) is 13.5 Å². The number of rotatable bonds is 3. The molecule has 0 spiro atoms. The van der Waals surface area contributed by atoms with Crippen LogP contribution in [0.25, 0.3) is 0 Å². The lowest BCUT2D eigenvalue weighted by Gasteiger charge is -2.37. The maximum Gasteiger partial charge on any atom is 0.216 e. The summed E-state index contributed by atoms with van der Waals surface area (Å²) in [4.78, 5) is 4.47. The number of aliphatic hydroxyl groups excluding tert-OH is 1. The maximum absolute atomic E-state index is 12.1. The quantitative estimate of drug-likeness (QED) is 0.724. The molecule has 0 saturated carbocycles. The van der Waals surface area contributed by atoms with E-state index < -0.39 is 21.4 Å². The molecular weight excluding hydrogens is 266 g/mol. The predicted octanol–water partition coefficient (Wildman–Crippen LogP) is -0.983. The Bertz CT molecular complexity index is 404. The highest BCUT2D eigenvalue weighted by molar-refractivity contribution is 7.89. The highest BCUT2D eigenvalue weighted by Crippen LogP contribution is 2.22. The van der Waals surface area contributed by atoms with Gasteiger partial charge in [0.1, 0.15) is 0 Å². The zero-order valence-electron chi connectivity index (χ0n) is 12.0. The highest BCUT2D eigenvalue weighted by atomic mass is 32.2. The van der Waals surface area contributed by atoms with Crippen molar-refractivity contribution in [2.75, 3.05) is 46.3 Å². The van der Waals surface area contributed by atoms with Crippen molar-refractivity contribution in [3.8, 4) is 0 Å². The van der Waals surface area contributed by atoms with Crippen LogP contribution in [0.3, 0.4) is 0 Å². The van der Waals surface area contributed by atoms with Crippen LogP contribution in [-0.2, 0) is 10.0 Å². The minimum atomic E-state index is -3.26. The molecule has 2 aliphatic heterocycles. The number of aliphatic hydroxyl groups is 1. The Morgan fingerprint density at radius 3 is 2.21 bits per heavy atom. The second kappa shape index (κ2) is 5.65. The molecule has 0 aromatic rings. The average molecular weight is 291 g/mol. The minimum Gasteiger partial charge on any atom is -0.390 e. The topological polar surface area (TPSA) is 64.1 Å². The van der Waals surface area contributed by atoms with E-state index in [4.69, 9.17) is 0 Å². The van der Waals surface area contributed by atoms with Crippen LogP contribution in [-0.4, -0.2) is 91.3 Å². The molecule has 0 amide bonds. The van der Waals surface area contributed by atoms with E-state index in [1.54, 1.807) is 13.8 Å². The van der Waals surface area contributed by atoms with Crippen molar-refractivity contribution in [2.24, 2.45) is 0 Å². The third-order valence-electron chi connectivity index (χ3n) is 4.19. The summed E-state index contributed by atoms with van der Waals surface area (Å²) in [6, 6.07) is -0.0535. The summed E-state index contributed by atoms with van der Waals surface area (Å²) < 4.78 is 25.7. The summed E-state index contributed by atoms with van der Waals surface area (Å²) >= 11 is 0. The number of likely N-dealkylation sites (N-methyl/N-ethyl adjacent to an activating group) is 1. The van der Waals surface area contributed by atoms with Crippen molar-refractivity contribution < 1.29 is 13.5 Å². The van der Waals surface area contributed by atoms with Crippen molar-refractivity contribution in [3.05, 3.63) is 0 Å². The molecule has 7 heteroatoms. The molecule has 1 N–H and O–H groups in total. The molecule has 0 aromatic carbocycles. The molecule has 0 unspecified atom stereocenters. The highest BCUT2D eigenvalue weighted by Gasteiger charge is 2.41. The summed E-state index contributed by atoms with van der Waals surface area (Å²) in [7, 11) is -1.17. The lowest BCUT2D eigenvalue weighted by atomic mass is 10.1. The molecular formula is C12H25N3O3S. The average Bonchev–Trinajstić information content (AvgIpc) is 2.73. The van der Waals surface area contributed by atoms with Gasteiger partial charge in [-0.05, 0) is 20.9 Å². The SMILES string of the molecule is CC(C)S(=O)(=O)N1C[C@H](O)[C@@H](N2CCN(C)CC2)C1. The van der Waals surface area contributed by atoms with E-state index in [-0.39, 0.29) is 12.6 Å². The largest absolute Gasteiger partial charge is 0.390 e. The van der Waals surface area contributed by atoms with Crippen molar-refractivity contribution in [3.63, 3.8) is 0 Å². The smallest absolute Gasteiger partial charge is 0.216 e. The molecule has 2 saturated heterocycles.